The summed E-state index contributed by atoms with van der Waals surface area (Å²) in [6, 6.07) is 0.753. The molecule has 0 radical (unpaired) electrons. The molecule has 0 amide bonds. The molecule has 0 unspecified atom stereocenters. The lowest BCUT2D eigenvalue weighted by molar-refractivity contribution is -0.0497. The van der Waals surface area contributed by atoms with Crippen molar-refractivity contribution in [2.24, 2.45) is 0 Å². The Bertz CT molecular complexity index is 132. The number of ether oxygens (including phenoxy) is 2. The second kappa shape index (κ2) is 9.26. The molecule has 0 atom stereocenters. The van der Waals surface area contributed by atoms with Gasteiger partial charge in [-0.1, -0.05) is 0 Å². The van der Waals surface area contributed by atoms with Crippen molar-refractivity contribution >= 4 is 8.80 Å². The minimum atomic E-state index is -2.41. The third-order valence-electron chi connectivity index (χ3n) is 2.08. The summed E-state index contributed by atoms with van der Waals surface area (Å²) in [6.07, 6.45) is 0.842. The first-order valence-corrected chi connectivity index (χ1v) is 6.98. The van der Waals surface area contributed by atoms with Crippen molar-refractivity contribution in [1.29, 1.82) is 0 Å². The van der Waals surface area contributed by atoms with E-state index in [1.54, 1.807) is 21.3 Å². The normalized spacial score (nSPS) is 12.0. The highest BCUT2D eigenvalue weighted by atomic mass is 28.4. The fourth-order valence-corrected chi connectivity index (χ4v) is 2.84. The van der Waals surface area contributed by atoms with Crippen LogP contribution in [0.25, 0.3) is 0 Å². The lowest BCUT2D eigenvalue weighted by Crippen LogP contribution is -2.42. The summed E-state index contributed by atoms with van der Waals surface area (Å²) in [4.78, 5) is 0. The van der Waals surface area contributed by atoms with Gasteiger partial charge in [0.05, 0.1) is 0 Å². The van der Waals surface area contributed by atoms with Gasteiger partial charge in [-0.2, -0.15) is 0 Å². The third kappa shape index (κ3) is 6.24. The maximum atomic E-state index is 5.27. The molecular weight excluding hydrogens is 216 g/mol. The molecule has 0 aliphatic rings. The van der Waals surface area contributed by atoms with E-state index < -0.39 is 8.80 Å². The fourth-order valence-electron chi connectivity index (χ4n) is 1.15. The van der Waals surface area contributed by atoms with E-state index in [-0.39, 0.29) is 0 Å². The van der Waals surface area contributed by atoms with Crippen LogP contribution in [0.15, 0.2) is 0 Å². The van der Waals surface area contributed by atoms with E-state index >= 15 is 0 Å². The van der Waals surface area contributed by atoms with Crippen molar-refractivity contribution in [1.82, 2.24) is 0 Å². The molecule has 0 aromatic carbocycles. The molecule has 0 saturated carbocycles. The molecular formula is C9H22O5Si. The first-order valence-electron chi connectivity index (χ1n) is 5.05. The molecule has 15 heavy (non-hydrogen) atoms. The van der Waals surface area contributed by atoms with Crippen LogP contribution in [0.3, 0.4) is 0 Å². The van der Waals surface area contributed by atoms with Gasteiger partial charge in [0.2, 0.25) is 0 Å². The molecule has 0 aromatic heterocycles. The number of rotatable bonds is 10. The van der Waals surface area contributed by atoms with E-state index in [0.717, 1.165) is 12.5 Å². The Hall–Kier alpha value is 0.0169. The molecule has 0 fully saturated rings. The van der Waals surface area contributed by atoms with Gasteiger partial charge in [-0.15, -0.1) is 0 Å². The zero-order chi connectivity index (χ0) is 11.6. The quantitative estimate of drug-likeness (QED) is 0.326. The molecule has 0 N–H and O–H groups in total. The van der Waals surface area contributed by atoms with Gasteiger partial charge in [0.1, 0.15) is 6.79 Å². The van der Waals surface area contributed by atoms with Crippen LogP contribution in [0.5, 0.6) is 0 Å². The van der Waals surface area contributed by atoms with Crippen molar-refractivity contribution < 1.29 is 22.8 Å². The summed E-state index contributed by atoms with van der Waals surface area (Å²) < 4.78 is 26.1. The Balaban J connectivity index is 3.54. The smallest absolute Gasteiger partial charge is 0.377 e. The topological polar surface area (TPSA) is 46.2 Å². The van der Waals surface area contributed by atoms with Crippen molar-refractivity contribution in [3.63, 3.8) is 0 Å². The first-order chi connectivity index (χ1) is 7.24. The standard InChI is InChI=1S/C9H22O5Si/c1-5-13-9-14-7-6-8-15(10-2,11-3)12-4/h5-9H2,1-4H3. The molecule has 6 heteroatoms. The van der Waals surface area contributed by atoms with Gasteiger partial charge in [-0.3, -0.25) is 0 Å². The van der Waals surface area contributed by atoms with E-state index in [4.69, 9.17) is 22.8 Å². The predicted octanol–water partition coefficient (Wildman–Crippen LogP) is 1.27. The summed E-state index contributed by atoms with van der Waals surface area (Å²) in [5, 5.41) is 0. The molecule has 0 aliphatic carbocycles. The summed E-state index contributed by atoms with van der Waals surface area (Å²) in [5.74, 6) is 0. The Labute approximate surface area is 93.0 Å². The highest BCUT2D eigenvalue weighted by Gasteiger charge is 2.36. The average Bonchev–Trinajstić information content (AvgIpc) is 2.29. The summed E-state index contributed by atoms with van der Waals surface area (Å²) in [5.41, 5.74) is 0. The van der Waals surface area contributed by atoms with E-state index in [1.807, 2.05) is 6.92 Å². The Morgan fingerprint density at radius 1 is 0.933 bits per heavy atom. The summed E-state index contributed by atoms with van der Waals surface area (Å²) >= 11 is 0. The third-order valence-corrected chi connectivity index (χ3v) is 4.91. The van der Waals surface area contributed by atoms with Crippen LogP contribution in [0.2, 0.25) is 6.04 Å². The minimum Gasteiger partial charge on any atom is -0.377 e. The van der Waals surface area contributed by atoms with Crippen molar-refractivity contribution in [3.8, 4) is 0 Å². The van der Waals surface area contributed by atoms with Gasteiger partial charge in [-0.25, -0.2) is 0 Å². The van der Waals surface area contributed by atoms with E-state index in [2.05, 4.69) is 0 Å². The zero-order valence-electron chi connectivity index (χ0n) is 10.1. The Morgan fingerprint density at radius 3 is 2.00 bits per heavy atom. The van der Waals surface area contributed by atoms with Gasteiger partial charge >= 0.3 is 8.80 Å². The lowest BCUT2D eigenvalue weighted by Gasteiger charge is -2.24. The van der Waals surface area contributed by atoms with Crippen LogP contribution < -0.4 is 0 Å². The molecule has 92 valence electrons. The van der Waals surface area contributed by atoms with Gasteiger partial charge in [0.15, 0.2) is 0 Å². The molecule has 5 nitrogen and oxygen atoms in total. The highest BCUT2D eigenvalue weighted by molar-refractivity contribution is 6.60. The fraction of sp³-hybridized carbons (Fsp3) is 1.00. The second-order valence-corrected chi connectivity index (χ2v) is 6.01. The SMILES string of the molecule is CCOCOCCC[Si](OC)(OC)OC. The van der Waals surface area contributed by atoms with E-state index in [1.165, 1.54) is 0 Å². The number of hydrogen-bond acceptors (Lipinski definition) is 5. The molecule has 0 saturated heterocycles. The van der Waals surface area contributed by atoms with Gasteiger partial charge in [0, 0.05) is 40.6 Å². The molecule has 0 bridgehead atoms. The van der Waals surface area contributed by atoms with Crippen LogP contribution in [0.1, 0.15) is 13.3 Å². The zero-order valence-corrected chi connectivity index (χ0v) is 11.1. The van der Waals surface area contributed by atoms with Crippen LogP contribution in [0.4, 0.5) is 0 Å². The predicted molar refractivity (Wildman–Crippen MR) is 58.7 cm³/mol. The molecule has 0 aliphatic heterocycles. The monoisotopic (exact) mass is 238 g/mol. The van der Waals surface area contributed by atoms with Crippen molar-refractivity contribution in [2.45, 2.75) is 19.4 Å². The van der Waals surface area contributed by atoms with Crippen LogP contribution in [-0.2, 0) is 22.8 Å². The van der Waals surface area contributed by atoms with Crippen molar-refractivity contribution in [2.75, 3.05) is 41.3 Å². The Morgan fingerprint density at radius 2 is 1.53 bits per heavy atom. The second-order valence-electron chi connectivity index (χ2n) is 2.92. The highest BCUT2D eigenvalue weighted by Crippen LogP contribution is 2.14. The minimum absolute atomic E-state index is 0.345. The van der Waals surface area contributed by atoms with Gasteiger partial charge in [0.25, 0.3) is 0 Å². The average molecular weight is 238 g/mol. The summed E-state index contributed by atoms with van der Waals surface area (Å²) in [7, 11) is 2.43. The maximum absolute atomic E-state index is 5.27. The Kier molecular flexibility index (Phi) is 9.27. The maximum Gasteiger partial charge on any atom is 0.500 e. The van der Waals surface area contributed by atoms with Crippen LogP contribution >= 0.6 is 0 Å². The molecule has 0 heterocycles. The number of hydrogen-bond donors (Lipinski definition) is 0. The first kappa shape index (κ1) is 15.0. The molecule has 0 rings (SSSR count). The lowest BCUT2D eigenvalue weighted by atomic mass is 10.5. The van der Waals surface area contributed by atoms with Gasteiger partial charge < -0.3 is 22.8 Å². The van der Waals surface area contributed by atoms with Gasteiger partial charge in [-0.05, 0) is 13.3 Å². The summed E-state index contributed by atoms with van der Waals surface area (Å²) in [6.45, 7) is 3.58. The van der Waals surface area contributed by atoms with Crippen LogP contribution in [0, 0.1) is 0 Å². The van der Waals surface area contributed by atoms with Crippen molar-refractivity contribution in [3.05, 3.63) is 0 Å². The largest absolute Gasteiger partial charge is 0.500 e. The molecule has 0 aromatic rings. The molecule has 0 spiro atoms. The van der Waals surface area contributed by atoms with E-state index in [9.17, 15) is 0 Å². The van der Waals surface area contributed by atoms with E-state index in [0.29, 0.717) is 20.0 Å². The van der Waals surface area contributed by atoms with Crippen LogP contribution in [-0.4, -0.2) is 50.1 Å².